The Bertz CT molecular complexity index is 1690. The predicted octanol–water partition coefficient (Wildman–Crippen LogP) is 3.49. The van der Waals surface area contributed by atoms with Crippen LogP contribution in [0, 0.1) is 0 Å². The molecule has 1 fully saturated rings. The fourth-order valence-corrected chi connectivity index (χ4v) is 7.47. The second kappa shape index (κ2) is 10.0. The van der Waals surface area contributed by atoms with Crippen LogP contribution < -0.4 is 9.21 Å². The zero-order valence-corrected chi connectivity index (χ0v) is 23.3. The van der Waals surface area contributed by atoms with E-state index in [1.165, 1.54) is 41.1 Å². The highest BCUT2D eigenvalue weighted by Gasteiger charge is 2.26. The van der Waals surface area contributed by atoms with E-state index < -0.39 is 19.9 Å². The normalized spacial score (nSPS) is 14.6. The third-order valence-electron chi connectivity index (χ3n) is 6.49. The molecule has 1 saturated heterocycles. The van der Waals surface area contributed by atoms with Crippen molar-refractivity contribution in [1.82, 2.24) is 9.88 Å². The number of carbonyl (C=O) groups is 1. The minimum Gasteiger partial charge on any atom is -0.345 e. The van der Waals surface area contributed by atoms with Crippen molar-refractivity contribution < 1.29 is 21.6 Å². The van der Waals surface area contributed by atoms with Crippen LogP contribution in [0.4, 0.5) is 10.8 Å². The molecule has 38 heavy (non-hydrogen) atoms. The number of thiazole rings is 1. The standard InChI is InChI=1S/C26H26N4O5S3/c1-28(20-7-4-3-5-8-20)38(34,35)21-13-11-19(12-14-21)25(31)29-15-17-30(18-16-29)26-27-24-22(36-26)9-6-10-23(24)37(2,32)33/h3-14H,15-18H2,1-2H3. The molecule has 0 bridgehead atoms. The van der Waals surface area contributed by atoms with E-state index in [0.29, 0.717) is 42.9 Å². The fraction of sp³-hybridized carbons (Fsp3) is 0.231. The number of sulfonamides is 1. The Morgan fingerprint density at radius 3 is 2.16 bits per heavy atom. The summed E-state index contributed by atoms with van der Waals surface area (Å²) in [5.41, 5.74) is 1.44. The van der Waals surface area contributed by atoms with Gasteiger partial charge in [0, 0.05) is 45.0 Å². The van der Waals surface area contributed by atoms with Crippen molar-refractivity contribution in [3.8, 4) is 0 Å². The van der Waals surface area contributed by atoms with E-state index in [4.69, 9.17) is 0 Å². The Morgan fingerprint density at radius 1 is 0.868 bits per heavy atom. The number of nitrogens with zero attached hydrogens (tertiary/aromatic N) is 4. The number of rotatable bonds is 6. The molecule has 2 heterocycles. The van der Waals surface area contributed by atoms with Crippen molar-refractivity contribution in [3.05, 3.63) is 78.4 Å². The van der Waals surface area contributed by atoms with Crippen LogP contribution in [0.25, 0.3) is 10.2 Å². The number of hydrogen-bond donors (Lipinski definition) is 0. The number of benzene rings is 3. The molecule has 0 aliphatic carbocycles. The van der Waals surface area contributed by atoms with Gasteiger partial charge in [0.25, 0.3) is 15.9 Å². The highest BCUT2D eigenvalue weighted by atomic mass is 32.2. The first-order valence-electron chi connectivity index (χ1n) is 11.8. The molecule has 4 aromatic rings. The van der Waals surface area contributed by atoms with Crippen LogP contribution in [-0.2, 0) is 19.9 Å². The highest BCUT2D eigenvalue weighted by Crippen LogP contribution is 2.33. The number of piperazine rings is 1. The van der Waals surface area contributed by atoms with Gasteiger partial charge in [0.15, 0.2) is 15.0 Å². The third-order valence-corrected chi connectivity index (χ3v) is 10.5. The Morgan fingerprint density at radius 2 is 1.53 bits per heavy atom. The Labute approximate surface area is 225 Å². The van der Waals surface area contributed by atoms with E-state index in [0.717, 1.165) is 9.83 Å². The van der Waals surface area contributed by atoms with Gasteiger partial charge in [0.05, 0.1) is 20.2 Å². The lowest BCUT2D eigenvalue weighted by Crippen LogP contribution is -2.48. The molecular formula is C26H26N4O5S3. The molecule has 0 radical (unpaired) electrons. The molecule has 198 valence electrons. The van der Waals surface area contributed by atoms with Crippen molar-refractivity contribution in [2.45, 2.75) is 9.79 Å². The maximum atomic E-state index is 13.1. The van der Waals surface area contributed by atoms with Gasteiger partial charge in [-0.15, -0.1) is 0 Å². The Kier molecular flexibility index (Phi) is 6.88. The van der Waals surface area contributed by atoms with Crippen LogP contribution in [0.5, 0.6) is 0 Å². The van der Waals surface area contributed by atoms with Gasteiger partial charge in [-0.25, -0.2) is 21.8 Å². The summed E-state index contributed by atoms with van der Waals surface area (Å²) in [5, 5.41) is 0.722. The van der Waals surface area contributed by atoms with Crippen molar-refractivity contribution >= 4 is 58.1 Å². The SMILES string of the molecule is CN(c1ccccc1)S(=O)(=O)c1ccc(C(=O)N2CCN(c3nc4c(S(C)(=O)=O)cccc4s3)CC2)cc1. The lowest BCUT2D eigenvalue weighted by molar-refractivity contribution is 0.0746. The lowest BCUT2D eigenvalue weighted by Gasteiger charge is -2.34. The monoisotopic (exact) mass is 570 g/mol. The third kappa shape index (κ3) is 4.98. The van der Waals surface area contributed by atoms with E-state index in [2.05, 4.69) is 9.88 Å². The van der Waals surface area contributed by atoms with Crippen LogP contribution in [-0.4, -0.2) is 72.1 Å². The molecule has 1 aliphatic heterocycles. The van der Waals surface area contributed by atoms with E-state index >= 15 is 0 Å². The first-order valence-corrected chi connectivity index (χ1v) is 16.0. The zero-order chi connectivity index (χ0) is 27.1. The summed E-state index contributed by atoms with van der Waals surface area (Å²) in [6, 6.07) is 19.9. The van der Waals surface area contributed by atoms with Crippen LogP contribution in [0.2, 0.25) is 0 Å². The molecule has 0 atom stereocenters. The molecule has 9 nitrogen and oxygen atoms in total. The second-order valence-electron chi connectivity index (χ2n) is 8.98. The molecule has 12 heteroatoms. The molecule has 3 aromatic carbocycles. The van der Waals surface area contributed by atoms with E-state index in [-0.39, 0.29) is 15.7 Å². The van der Waals surface area contributed by atoms with Crippen molar-refractivity contribution in [2.75, 3.05) is 48.7 Å². The topological polar surface area (TPSA) is 108 Å². The largest absolute Gasteiger partial charge is 0.345 e. The van der Waals surface area contributed by atoms with Gasteiger partial charge in [-0.2, -0.15) is 0 Å². The first-order chi connectivity index (χ1) is 18.1. The fourth-order valence-electron chi connectivity index (χ4n) is 4.33. The number of carbonyl (C=O) groups excluding carboxylic acids is 1. The highest BCUT2D eigenvalue weighted by molar-refractivity contribution is 7.92. The summed E-state index contributed by atoms with van der Waals surface area (Å²) >= 11 is 1.43. The Balaban J connectivity index is 1.26. The van der Waals surface area contributed by atoms with Crippen molar-refractivity contribution in [2.24, 2.45) is 0 Å². The van der Waals surface area contributed by atoms with Gasteiger partial charge in [-0.3, -0.25) is 9.10 Å². The van der Waals surface area contributed by atoms with Gasteiger partial charge in [0.2, 0.25) is 0 Å². The minimum atomic E-state index is -3.76. The van der Waals surface area contributed by atoms with Crippen LogP contribution >= 0.6 is 11.3 Å². The van der Waals surface area contributed by atoms with E-state index in [1.807, 2.05) is 12.1 Å². The lowest BCUT2D eigenvalue weighted by atomic mass is 10.2. The Hall–Kier alpha value is -3.48. The van der Waals surface area contributed by atoms with Crippen LogP contribution in [0.1, 0.15) is 10.4 Å². The smallest absolute Gasteiger partial charge is 0.264 e. The first kappa shape index (κ1) is 26.1. The number of hydrogen-bond acceptors (Lipinski definition) is 8. The average molecular weight is 571 g/mol. The van der Waals surface area contributed by atoms with Crippen molar-refractivity contribution in [3.63, 3.8) is 0 Å². The average Bonchev–Trinajstić information content (AvgIpc) is 3.37. The van der Waals surface area contributed by atoms with Crippen LogP contribution in [0.3, 0.4) is 0 Å². The maximum Gasteiger partial charge on any atom is 0.264 e. The van der Waals surface area contributed by atoms with Gasteiger partial charge in [-0.05, 0) is 48.5 Å². The molecule has 0 unspecified atom stereocenters. The zero-order valence-electron chi connectivity index (χ0n) is 20.8. The summed E-state index contributed by atoms with van der Waals surface area (Å²) in [6.07, 6.45) is 1.18. The summed E-state index contributed by atoms with van der Waals surface area (Å²) in [6.45, 7) is 2.02. The predicted molar refractivity (Wildman–Crippen MR) is 149 cm³/mol. The maximum absolute atomic E-state index is 13.1. The number of para-hydroxylation sites is 2. The molecular weight excluding hydrogens is 545 g/mol. The number of anilines is 2. The molecule has 0 N–H and O–H groups in total. The summed E-state index contributed by atoms with van der Waals surface area (Å²) in [5.74, 6) is -0.173. The van der Waals surface area contributed by atoms with Crippen LogP contribution in [0.15, 0.2) is 82.6 Å². The van der Waals surface area contributed by atoms with Crippen molar-refractivity contribution in [1.29, 1.82) is 0 Å². The summed E-state index contributed by atoms with van der Waals surface area (Å²) < 4.78 is 52.3. The minimum absolute atomic E-state index is 0.106. The number of amides is 1. The molecule has 0 saturated carbocycles. The van der Waals surface area contributed by atoms with Gasteiger partial charge in [0.1, 0.15) is 5.52 Å². The summed E-state index contributed by atoms with van der Waals surface area (Å²) in [4.78, 5) is 21.8. The van der Waals surface area contributed by atoms with Gasteiger partial charge >= 0.3 is 0 Å². The number of sulfone groups is 1. The molecule has 1 aromatic heterocycles. The summed E-state index contributed by atoms with van der Waals surface area (Å²) in [7, 11) is -5.66. The van der Waals surface area contributed by atoms with E-state index in [9.17, 15) is 21.6 Å². The van der Waals surface area contributed by atoms with Gasteiger partial charge < -0.3 is 9.80 Å². The number of aromatic nitrogens is 1. The van der Waals surface area contributed by atoms with Gasteiger partial charge in [-0.1, -0.05) is 35.6 Å². The molecule has 1 aliphatic rings. The molecule has 5 rings (SSSR count). The molecule has 1 amide bonds. The quantitative estimate of drug-likeness (QED) is 0.349. The van der Waals surface area contributed by atoms with E-state index in [1.54, 1.807) is 53.4 Å². The second-order valence-corrected chi connectivity index (χ2v) is 13.9. The number of fused-ring (bicyclic) bond motifs is 1. The molecule has 0 spiro atoms.